The lowest BCUT2D eigenvalue weighted by molar-refractivity contribution is 0.229. The number of nitrogens with zero attached hydrogens (tertiary/aromatic N) is 1. The first-order chi connectivity index (χ1) is 11.2. The standard InChI is InChI=1S/C21H40NO/c1-3-4-5-6-7-8-9-10-11-12-13-14-15-16-18-21(2)19-17-20-22(21)23/h17,20H,3-16,18-19H2,1-2H3/q-1. The summed E-state index contributed by atoms with van der Waals surface area (Å²) in [6.45, 7) is 4.38. The average Bonchev–Trinajstić information content (AvgIpc) is 2.87. The molecule has 0 aromatic carbocycles. The second kappa shape index (κ2) is 12.9. The van der Waals surface area contributed by atoms with Gasteiger partial charge >= 0.3 is 0 Å². The highest BCUT2D eigenvalue weighted by atomic mass is 16.5. The molecule has 1 aliphatic heterocycles. The maximum Gasteiger partial charge on any atom is 0.0291 e. The number of hydroxylamine groups is 2. The van der Waals surface area contributed by atoms with Crippen molar-refractivity contribution in [2.75, 3.05) is 0 Å². The van der Waals surface area contributed by atoms with E-state index in [1.54, 1.807) is 6.20 Å². The summed E-state index contributed by atoms with van der Waals surface area (Å²) in [6.07, 6.45) is 25.2. The minimum atomic E-state index is -0.142. The third kappa shape index (κ3) is 9.39. The van der Waals surface area contributed by atoms with E-state index in [9.17, 15) is 5.21 Å². The van der Waals surface area contributed by atoms with E-state index < -0.39 is 0 Å². The van der Waals surface area contributed by atoms with Crippen LogP contribution in [0.1, 0.15) is 117 Å². The van der Waals surface area contributed by atoms with E-state index in [-0.39, 0.29) is 5.54 Å². The van der Waals surface area contributed by atoms with Crippen molar-refractivity contribution in [1.29, 1.82) is 0 Å². The van der Waals surface area contributed by atoms with Gasteiger partial charge in [-0.3, -0.25) is 0 Å². The van der Waals surface area contributed by atoms with Crippen LogP contribution in [0.2, 0.25) is 0 Å². The van der Waals surface area contributed by atoms with Crippen molar-refractivity contribution < 1.29 is 0 Å². The molecule has 0 saturated carbocycles. The normalized spacial score (nSPS) is 20.6. The van der Waals surface area contributed by atoms with Gasteiger partial charge in [-0.25, -0.2) is 0 Å². The second-order valence-electron chi connectivity index (χ2n) is 7.76. The van der Waals surface area contributed by atoms with Crippen molar-refractivity contribution >= 4 is 0 Å². The zero-order valence-corrected chi connectivity index (χ0v) is 15.8. The van der Waals surface area contributed by atoms with Crippen LogP contribution in [0, 0.1) is 5.21 Å². The van der Waals surface area contributed by atoms with Crippen molar-refractivity contribution in [1.82, 2.24) is 5.06 Å². The fourth-order valence-electron chi connectivity index (χ4n) is 3.58. The molecule has 2 heteroatoms. The van der Waals surface area contributed by atoms with Gasteiger partial charge in [0, 0.05) is 5.54 Å². The van der Waals surface area contributed by atoms with E-state index in [1.807, 2.05) is 6.08 Å². The van der Waals surface area contributed by atoms with E-state index in [0.29, 0.717) is 0 Å². The van der Waals surface area contributed by atoms with Gasteiger partial charge in [0.05, 0.1) is 0 Å². The predicted octanol–water partition coefficient (Wildman–Crippen LogP) is 7.33. The summed E-state index contributed by atoms with van der Waals surface area (Å²) in [5.74, 6) is 0. The molecule has 0 bridgehead atoms. The molecule has 1 heterocycles. The molecular weight excluding hydrogens is 282 g/mol. The molecule has 0 N–H and O–H groups in total. The summed E-state index contributed by atoms with van der Waals surface area (Å²) in [5, 5.41) is 12.9. The fraction of sp³-hybridized carbons (Fsp3) is 0.905. The Morgan fingerprint density at radius 1 is 0.783 bits per heavy atom. The Labute approximate surface area is 145 Å². The summed E-state index contributed by atoms with van der Waals surface area (Å²) in [7, 11) is 0. The third-order valence-electron chi connectivity index (χ3n) is 5.40. The average molecular weight is 323 g/mol. The summed E-state index contributed by atoms with van der Waals surface area (Å²) in [6, 6.07) is 0. The van der Waals surface area contributed by atoms with E-state index in [1.165, 1.54) is 89.9 Å². The molecule has 0 saturated heterocycles. The zero-order valence-electron chi connectivity index (χ0n) is 15.8. The Balaban J connectivity index is 1.77. The fourth-order valence-corrected chi connectivity index (χ4v) is 3.58. The summed E-state index contributed by atoms with van der Waals surface area (Å²) < 4.78 is 0. The third-order valence-corrected chi connectivity index (χ3v) is 5.40. The number of rotatable bonds is 15. The molecule has 23 heavy (non-hydrogen) atoms. The van der Waals surface area contributed by atoms with Gasteiger partial charge in [0.2, 0.25) is 0 Å². The lowest BCUT2D eigenvalue weighted by Gasteiger charge is -2.41. The molecule has 0 aromatic rings. The maximum absolute atomic E-state index is 11.7. The van der Waals surface area contributed by atoms with Gasteiger partial charge in [-0.2, -0.15) is 0 Å². The molecule has 2 nitrogen and oxygen atoms in total. The van der Waals surface area contributed by atoms with Crippen LogP contribution in [0.15, 0.2) is 12.3 Å². The highest BCUT2D eigenvalue weighted by molar-refractivity contribution is 5.06. The van der Waals surface area contributed by atoms with Gasteiger partial charge in [-0.05, 0) is 26.0 Å². The van der Waals surface area contributed by atoms with Crippen LogP contribution in [-0.4, -0.2) is 10.6 Å². The monoisotopic (exact) mass is 322 g/mol. The van der Waals surface area contributed by atoms with Crippen molar-refractivity contribution in [3.8, 4) is 0 Å². The molecule has 136 valence electrons. The summed E-state index contributed by atoms with van der Waals surface area (Å²) in [5.41, 5.74) is -0.142. The topological polar surface area (TPSA) is 26.3 Å². The van der Waals surface area contributed by atoms with Gasteiger partial charge in [0.15, 0.2) is 0 Å². The molecule has 1 unspecified atom stereocenters. The smallest absolute Gasteiger partial charge is 0.0291 e. The largest absolute Gasteiger partial charge is 0.758 e. The Kier molecular flexibility index (Phi) is 11.5. The van der Waals surface area contributed by atoms with Crippen molar-refractivity contribution in [3.63, 3.8) is 0 Å². The van der Waals surface area contributed by atoms with Gasteiger partial charge in [-0.1, -0.05) is 103 Å². The van der Waals surface area contributed by atoms with E-state index in [0.717, 1.165) is 17.9 Å². The number of hydrogen-bond donors (Lipinski definition) is 0. The van der Waals surface area contributed by atoms with Crippen molar-refractivity contribution in [2.45, 2.75) is 122 Å². The van der Waals surface area contributed by atoms with Crippen LogP contribution in [-0.2, 0) is 0 Å². The molecular formula is C21H40NO-. The highest BCUT2D eigenvalue weighted by Gasteiger charge is 2.25. The lowest BCUT2D eigenvalue weighted by Crippen LogP contribution is -2.35. The van der Waals surface area contributed by atoms with Crippen LogP contribution < -0.4 is 0 Å². The van der Waals surface area contributed by atoms with E-state index in [2.05, 4.69) is 13.8 Å². The van der Waals surface area contributed by atoms with Crippen LogP contribution in [0.3, 0.4) is 0 Å². The number of hydrogen-bond acceptors (Lipinski definition) is 2. The summed E-state index contributed by atoms with van der Waals surface area (Å²) >= 11 is 0. The van der Waals surface area contributed by atoms with Crippen LogP contribution in [0.5, 0.6) is 0 Å². The second-order valence-corrected chi connectivity index (χ2v) is 7.76. The first kappa shape index (κ1) is 20.5. The SMILES string of the molecule is CCCCCCCCCCCCCCCCC1(C)CC=CN1[O-]. The van der Waals surface area contributed by atoms with Gasteiger partial charge in [0.25, 0.3) is 0 Å². The van der Waals surface area contributed by atoms with Gasteiger partial charge in [-0.15, -0.1) is 0 Å². The van der Waals surface area contributed by atoms with Crippen molar-refractivity contribution in [2.24, 2.45) is 0 Å². The lowest BCUT2D eigenvalue weighted by atomic mass is 9.92. The van der Waals surface area contributed by atoms with Crippen LogP contribution in [0.25, 0.3) is 0 Å². The zero-order chi connectivity index (χ0) is 16.8. The predicted molar refractivity (Wildman–Crippen MR) is 102 cm³/mol. The van der Waals surface area contributed by atoms with Crippen LogP contribution >= 0.6 is 0 Å². The minimum absolute atomic E-state index is 0.142. The molecule has 0 fully saturated rings. The van der Waals surface area contributed by atoms with Crippen molar-refractivity contribution in [3.05, 3.63) is 17.5 Å². The Bertz CT molecular complexity index is 302. The molecule has 0 aromatic heterocycles. The number of unbranched alkanes of at least 4 members (excludes halogenated alkanes) is 13. The van der Waals surface area contributed by atoms with Gasteiger partial charge in [0.1, 0.15) is 0 Å². The Hall–Kier alpha value is -0.500. The molecule has 1 aliphatic rings. The highest BCUT2D eigenvalue weighted by Crippen LogP contribution is 2.31. The molecule has 0 spiro atoms. The Morgan fingerprint density at radius 3 is 1.61 bits per heavy atom. The van der Waals surface area contributed by atoms with Gasteiger partial charge < -0.3 is 10.3 Å². The quantitative estimate of drug-likeness (QED) is 0.295. The molecule has 0 aliphatic carbocycles. The molecule has 1 rings (SSSR count). The minimum Gasteiger partial charge on any atom is -0.758 e. The molecule has 1 atom stereocenters. The summed E-state index contributed by atoms with van der Waals surface area (Å²) in [4.78, 5) is 0. The first-order valence-corrected chi connectivity index (χ1v) is 10.3. The molecule has 0 radical (unpaired) electrons. The molecule has 0 amide bonds. The van der Waals surface area contributed by atoms with E-state index in [4.69, 9.17) is 0 Å². The first-order valence-electron chi connectivity index (χ1n) is 10.3. The Morgan fingerprint density at radius 2 is 1.22 bits per heavy atom. The maximum atomic E-state index is 11.7. The van der Waals surface area contributed by atoms with Crippen LogP contribution in [0.4, 0.5) is 0 Å². The van der Waals surface area contributed by atoms with E-state index >= 15 is 0 Å².